The molecule has 0 atom stereocenters. The average Bonchev–Trinajstić information content (AvgIpc) is 3.28. The number of nitrogens with one attached hydrogen (secondary N) is 1. The van der Waals surface area contributed by atoms with Crippen molar-refractivity contribution in [3.8, 4) is 5.95 Å². The highest BCUT2D eigenvalue weighted by atomic mass is 16.4. The fraction of sp³-hybridized carbons (Fsp3) is 0.526. The first-order valence-corrected chi connectivity index (χ1v) is 9.50. The normalized spacial score (nSPS) is 20.5. The largest absolute Gasteiger partial charge is 0.478 e. The first-order valence-electron chi connectivity index (χ1n) is 9.50. The molecule has 148 valence electrons. The zero-order valence-electron chi connectivity index (χ0n) is 16.2. The van der Waals surface area contributed by atoms with Crippen LogP contribution in [0.5, 0.6) is 0 Å². The zero-order chi connectivity index (χ0) is 20.1. The SMILES string of the molecule is CC(C)(C)C1CCC(n2ncc3nc(-n4cc(C(=O)O)cn4)[nH]c(=O)c32)CC1. The monoisotopic (exact) mass is 384 g/mol. The van der Waals surface area contributed by atoms with Gasteiger partial charge < -0.3 is 5.11 Å². The van der Waals surface area contributed by atoms with Crippen molar-refractivity contribution in [3.05, 3.63) is 34.5 Å². The number of carboxylic acids is 1. The minimum atomic E-state index is -1.09. The van der Waals surface area contributed by atoms with E-state index in [0.717, 1.165) is 25.7 Å². The quantitative estimate of drug-likeness (QED) is 0.717. The molecule has 2 N–H and O–H groups in total. The number of carbonyl (C=O) groups is 1. The summed E-state index contributed by atoms with van der Waals surface area (Å²) in [6.07, 6.45) is 8.32. The predicted octanol–water partition coefficient (Wildman–Crippen LogP) is 2.78. The van der Waals surface area contributed by atoms with Gasteiger partial charge in [0.1, 0.15) is 5.52 Å². The molecule has 9 heteroatoms. The van der Waals surface area contributed by atoms with Gasteiger partial charge in [-0.15, -0.1) is 0 Å². The molecular formula is C19H24N6O3. The van der Waals surface area contributed by atoms with Crippen LogP contribution in [0.1, 0.15) is 62.9 Å². The summed E-state index contributed by atoms with van der Waals surface area (Å²) in [6.45, 7) is 6.84. The summed E-state index contributed by atoms with van der Waals surface area (Å²) in [4.78, 5) is 30.9. The number of aromatic amines is 1. The molecule has 1 aliphatic rings. The second kappa shape index (κ2) is 6.57. The Kier molecular flexibility index (Phi) is 4.32. The smallest absolute Gasteiger partial charge is 0.338 e. The highest BCUT2D eigenvalue weighted by Gasteiger charge is 2.31. The lowest BCUT2D eigenvalue weighted by Gasteiger charge is -2.37. The van der Waals surface area contributed by atoms with Gasteiger partial charge in [0, 0.05) is 6.20 Å². The number of aromatic nitrogens is 6. The van der Waals surface area contributed by atoms with Crippen LogP contribution in [-0.2, 0) is 0 Å². The van der Waals surface area contributed by atoms with Crippen molar-refractivity contribution in [3.63, 3.8) is 0 Å². The minimum absolute atomic E-state index is 0.0223. The molecule has 3 aromatic rings. The Morgan fingerprint density at radius 1 is 1.18 bits per heavy atom. The third-order valence-electron chi connectivity index (χ3n) is 5.76. The highest BCUT2D eigenvalue weighted by Crippen LogP contribution is 2.41. The molecule has 1 fully saturated rings. The summed E-state index contributed by atoms with van der Waals surface area (Å²) in [5, 5.41) is 17.4. The third-order valence-corrected chi connectivity index (χ3v) is 5.76. The van der Waals surface area contributed by atoms with Crippen molar-refractivity contribution in [1.82, 2.24) is 29.5 Å². The van der Waals surface area contributed by atoms with Crippen LogP contribution < -0.4 is 5.56 Å². The first kappa shape index (κ1) is 18.4. The number of hydrogen-bond acceptors (Lipinski definition) is 5. The van der Waals surface area contributed by atoms with E-state index < -0.39 is 5.97 Å². The Morgan fingerprint density at radius 3 is 2.50 bits per heavy atom. The van der Waals surface area contributed by atoms with E-state index in [4.69, 9.17) is 5.11 Å². The van der Waals surface area contributed by atoms with Gasteiger partial charge in [0.2, 0.25) is 5.95 Å². The van der Waals surface area contributed by atoms with E-state index in [-0.39, 0.29) is 23.1 Å². The summed E-state index contributed by atoms with van der Waals surface area (Å²) in [5.74, 6) is -0.244. The van der Waals surface area contributed by atoms with Crippen LogP contribution in [0, 0.1) is 11.3 Å². The van der Waals surface area contributed by atoms with Crippen molar-refractivity contribution in [2.24, 2.45) is 11.3 Å². The van der Waals surface area contributed by atoms with Crippen molar-refractivity contribution in [2.75, 3.05) is 0 Å². The number of hydrogen-bond donors (Lipinski definition) is 2. The molecule has 0 aromatic carbocycles. The molecule has 0 radical (unpaired) electrons. The summed E-state index contributed by atoms with van der Waals surface area (Å²) in [6, 6.07) is 0.188. The lowest BCUT2D eigenvalue weighted by molar-refractivity contribution is 0.0697. The number of fused-ring (bicyclic) bond motifs is 1. The number of nitrogens with zero attached hydrogens (tertiary/aromatic N) is 5. The van der Waals surface area contributed by atoms with Gasteiger partial charge in [-0.2, -0.15) is 10.2 Å². The van der Waals surface area contributed by atoms with Gasteiger partial charge >= 0.3 is 5.97 Å². The molecule has 28 heavy (non-hydrogen) atoms. The Hall–Kier alpha value is -2.97. The maximum atomic E-state index is 12.7. The van der Waals surface area contributed by atoms with E-state index in [0.29, 0.717) is 22.4 Å². The summed E-state index contributed by atoms with van der Waals surface area (Å²) in [5.41, 5.74) is 0.943. The van der Waals surface area contributed by atoms with Crippen molar-refractivity contribution >= 4 is 17.0 Å². The van der Waals surface area contributed by atoms with Crippen LogP contribution in [0.15, 0.2) is 23.4 Å². The van der Waals surface area contributed by atoms with Gasteiger partial charge in [0.25, 0.3) is 5.56 Å². The van der Waals surface area contributed by atoms with E-state index in [2.05, 4.69) is 40.9 Å². The molecular weight excluding hydrogens is 360 g/mol. The van der Waals surface area contributed by atoms with Crippen molar-refractivity contribution < 1.29 is 9.90 Å². The van der Waals surface area contributed by atoms with Crippen LogP contribution in [0.3, 0.4) is 0 Å². The van der Waals surface area contributed by atoms with Crippen molar-refractivity contribution in [2.45, 2.75) is 52.5 Å². The zero-order valence-corrected chi connectivity index (χ0v) is 16.2. The Balaban J connectivity index is 1.64. The molecule has 3 heterocycles. The predicted molar refractivity (Wildman–Crippen MR) is 103 cm³/mol. The second-order valence-corrected chi connectivity index (χ2v) is 8.56. The average molecular weight is 384 g/mol. The number of carboxylic acid groups (broad SMARTS) is 1. The molecule has 0 amide bonds. The molecule has 0 saturated heterocycles. The highest BCUT2D eigenvalue weighted by molar-refractivity contribution is 5.87. The molecule has 9 nitrogen and oxygen atoms in total. The van der Waals surface area contributed by atoms with Crippen LogP contribution in [0.25, 0.3) is 17.0 Å². The Labute approximate surface area is 161 Å². The molecule has 0 aliphatic heterocycles. The van der Waals surface area contributed by atoms with E-state index in [1.807, 2.05) is 0 Å². The van der Waals surface area contributed by atoms with E-state index in [9.17, 15) is 9.59 Å². The standard InChI is InChI=1S/C19H24N6O3/c1-19(2,3)12-4-6-13(7-5-12)25-15-14(9-21-25)22-18(23-16(15)26)24-10-11(8-20-24)17(27)28/h8-10,12-13H,4-7H2,1-3H3,(H,27,28)(H,22,23,26). The molecule has 4 rings (SSSR count). The topological polar surface area (TPSA) is 119 Å². The van der Waals surface area contributed by atoms with Gasteiger partial charge in [0.15, 0.2) is 5.52 Å². The minimum Gasteiger partial charge on any atom is -0.478 e. The molecule has 0 bridgehead atoms. The number of H-pyrrole nitrogens is 1. The fourth-order valence-corrected chi connectivity index (χ4v) is 4.08. The van der Waals surface area contributed by atoms with E-state index in [1.165, 1.54) is 17.1 Å². The van der Waals surface area contributed by atoms with Crippen LogP contribution in [0.4, 0.5) is 0 Å². The van der Waals surface area contributed by atoms with Gasteiger partial charge in [-0.05, 0) is 37.0 Å². The van der Waals surface area contributed by atoms with Gasteiger partial charge in [-0.25, -0.2) is 14.5 Å². The number of aromatic carboxylic acids is 1. The molecule has 1 aliphatic carbocycles. The van der Waals surface area contributed by atoms with Gasteiger partial charge in [0.05, 0.1) is 24.0 Å². The first-order chi connectivity index (χ1) is 13.2. The third kappa shape index (κ3) is 3.21. The lowest BCUT2D eigenvalue weighted by Crippen LogP contribution is -2.28. The van der Waals surface area contributed by atoms with Crippen LogP contribution in [0.2, 0.25) is 0 Å². The maximum Gasteiger partial charge on any atom is 0.338 e. The summed E-state index contributed by atoms with van der Waals surface area (Å²) >= 11 is 0. The lowest BCUT2D eigenvalue weighted by atomic mass is 9.71. The second-order valence-electron chi connectivity index (χ2n) is 8.56. The van der Waals surface area contributed by atoms with E-state index >= 15 is 0 Å². The summed E-state index contributed by atoms with van der Waals surface area (Å²) < 4.78 is 3.05. The fourth-order valence-electron chi connectivity index (χ4n) is 4.08. The van der Waals surface area contributed by atoms with Gasteiger partial charge in [-0.3, -0.25) is 14.5 Å². The van der Waals surface area contributed by atoms with E-state index in [1.54, 1.807) is 10.9 Å². The molecule has 3 aromatic heterocycles. The van der Waals surface area contributed by atoms with Crippen LogP contribution in [-0.4, -0.2) is 40.6 Å². The van der Waals surface area contributed by atoms with Gasteiger partial charge in [-0.1, -0.05) is 20.8 Å². The maximum absolute atomic E-state index is 12.7. The summed E-state index contributed by atoms with van der Waals surface area (Å²) in [7, 11) is 0. The molecule has 1 saturated carbocycles. The molecule has 0 spiro atoms. The Bertz CT molecular complexity index is 1080. The van der Waals surface area contributed by atoms with Crippen LogP contribution >= 0.6 is 0 Å². The molecule has 0 unspecified atom stereocenters. The number of rotatable bonds is 3. The Morgan fingerprint density at radius 2 is 1.89 bits per heavy atom. The van der Waals surface area contributed by atoms with Crippen molar-refractivity contribution in [1.29, 1.82) is 0 Å².